The molecular weight excluding hydrogens is 136 g/mol. The van der Waals surface area contributed by atoms with Crippen molar-refractivity contribution in [3.8, 4) is 0 Å². The van der Waals surface area contributed by atoms with Crippen LogP contribution in [0.5, 0.6) is 0 Å². The molecule has 1 rings (SSSR count). The summed E-state index contributed by atoms with van der Waals surface area (Å²) in [5.74, 6) is 0.982. The summed E-state index contributed by atoms with van der Waals surface area (Å²) in [6, 6.07) is 0.695. The van der Waals surface area contributed by atoms with Crippen molar-refractivity contribution in [2.45, 2.75) is 25.8 Å². The zero-order valence-electron chi connectivity index (χ0n) is 7.93. The van der Waals surface area contributed by atoms with Crippen molar-refractivity contribution in [3.63, 3.8) is 0 Å². The van der Waals surface area contributed by atoms with Gasteiger partial charge in [-0.3, -0.25) is 0 Å². The Kier molecular flexibility index (Phi) is 3.34. The summed E-state index contributed by atoms with van der Waals surface area (Å²) < 4.78 is 0. The lowest BCUT2D eigenvalue weighted by atomic mass is 9.94. The lowest BCUT2D eigenvalue weighted by molar-refractivity contribution is 0.123. The van der Waals surface area contributed by atoms with Crippen molar-refractivity contribution >= 4 is 0 Å². The van der Waals surface area contributed by atoms with E-state index in [1.165, 1.54) is 25.9 Å². The van der Waals surface area contributed by atoms with Gasteiger partial charge in [0.05, 0.1) is 0 Å². The van der Waals surface area contributed by atoms with Crippen LogP contribution in [-0.4, -0.2) is 38.1 Å². The molecule has 11 heavy (non-hydrogen) atoms. The summed E-state index contributed by atoms with van der Waals surface area (Å²) in [6.07, 6.45) is 2.72. The third-order valence-corrected chi connectivity index (χ3v) is 2.64. The summed E-state index contributed by atoms with van der Waals surface area (Å²) in [6.45, 7) is 4.88. The normalized spacial score (nSPS) is 23.2. The molecule has 1 N–H and O–H groups in total. The Morgan fingerprint density at radius 3 is 2.64 bits per heavy atom. The van der Waals surface area contributed by atoms with Gasteiger partial charge >= 0.3 is 0 Å². The third-order valence-electron chi connectivity index (χ3n) is 2.64. The first kappa shape index (κ1) is 9.01. The molecule has 1 unspecified atom stereocenters. The molecule has 1 atom stereocenters. The molecule has 1 aliphatic heterocycles. The van der Waals surface area contributed by atoms with Crippen LogP contribution in [0, 0.1) is 5.92 Å². The molecule has 1 saturated heterocycles. The van der Waals surface area contributed by atoms with Crippen LogP contribution in [0.15, 0.2) is 0 Å². The van der Waals surface area contributed by atoms with Crippen LogP contribution in [0.2, 0.25) is 0 Å². The van der Waals surface area contributed by atoms with Crippen LogP contribution in [0.25, 0.3) is 0 Å². The van der Waals surface area contributed by atoms with E-state index in [1.807, 2.05) is 7.05 Å². The maximum absolute atomic E-state index is 3.27. The first-order chi connectivity index (χ1) is 5.22. The van der Waals surface area contributed by atoms with Gasteiger partial charge in [0, 0.05) is 19.1 Å². The molecule has 0 bridgehead atoms. The van der Waals surface area contributed by atoms with Crippen molar-refractivity contribution in [3.05, 3.63) is 0 Å². The fourth-order valence-corrected chi connectivity index (χ4v) is 1.64. The molecule has 0 amide bonds. The van der Waals surface area contributed by atoms with E-state index in [9.17, 15) is 0 Å². The number of likely N-dealkylation sites (tertiary alicyclic amines) is 1. The number of hydrogen-bond donors (Lipinski definition) is 1. The Labute approximate surface area is 70.0 Å². The van der Waals surface area contributed by atoms with Crippen molar-refractivity contribution in [1.82, 2.24) is 10.2 Å². The van der Waals surface area contributed by atoms with Crippen LogP contribution < -0.4 is 5.32 Å². The maximum atomic E-state index is 3.27. The molecule has 0 aromatic heterocycles. The Morgan fingerprint density at radius 2 is 2.18 bits per heavy atom. The zero-order valence-corrected chi connectivity index (χ0v) is 7.93. The second-order valence-electron chi connectivity index (χ2n) is 3.85. The fourth-order valence-electron chi connectivity index (χ4n) is 1.64. The quantitative estimate of drug-likeness (QED) is 0.651. The van der Waals surface area contributed by atoms with Gasteiger partial charge in [-0.05, 0) is 39.8 Å². The minimum atomic E-state index is 0.695. The highest BCUT2D eigenvalue weighted by molar-refractivity contribution is 4.77. The second-order valence-corrected chi connectivity index (χ2v) is 3.85. The lowest BCUT2D eigenvalue weighted by Gasteiger charge is -2.36. The predicted octanol–water partition coefficient (Wildman–Crippen LogP) is 0.936. The summed E-state index contributed by atoms with van der Waals surface area (Å²) >= 11 is 0. The average molecular weight is 156 g/mol. The molecule has 1 fully saturated rings. The Bertz CT molecular complexity index is 108. The highest BCUT2D eigenvalue weighted by Crippen LogP contribution is 2.18. The summed E-state index contributed by atoms with van der Waals surface area (Å²) in [4.78, 5) is 2.38. The van der Waals surface area contributed by atoms with Crippen LogP contribution in [0.4, 0.5) is 0 Å². The Balaban J connectivity index is 1.96. The van der Waals surface area contributed by atoms with E-state index >= 15 is 0 Å². The van der Waals surface area contributed by atoms with E-state index in [-0.39, 0.29) is 0 Å². The molecule has 1 heterocycles. The molecule has 2 nitrogen and oxygen atoms in total. The van der Waals surface area contributed by atoms with Gasteiger partial charge in [0.1, 0.15) is 0 Å². The van der Waals surface area contributed by atoms with Crippen LogP contribution in [-0.2, 0) is 0 Å². The average Bonchev–Trinajstić information content (AvgIpc) is 1.95. The van der Waals surface area contributed by atoms with E-state index in [2.05, 4.69) is 24.2 Å². The van der Waals surface area contributed by atoms with Crippen molar-refractivity contribution < 1.29 is 0 Å². The summed E-state index contributed by atoms with van der Waals surface area (Å²) in [5, 5.41) is 3.27. The van der Waals surface area contributed by atoms with Gasteiger partial charge in [-0.25, -0.2) is 0 Å². The zero-order chi connectivity index (χ0) is 8.27. The molecule has 0 saturated carbocycles. The molecule has 0 radical (unpaired) electrons. The number of nitrogens with zero attached hydrogens (tertiary/aromatic N) is 1. The molecule has 1 aliphatic rings. The van der Waals surface area contributed by atoms with Crippen LogP contribution in [0.1, 0.15) is 19.8 Å². The topological polar surface area (TPSA) is 15.3 Å². The second kappa shape index (κ2) is 4.07. The number of rotatable bonds is 4. The molecule has 2 heteroatoms. The smallest absolute Gasteiger partial charge is 0.00358 e. The Morgan fingerprint density at radius 1 is 1.55 bits per heavy atom. The summed E-state index contributed by atoms with van der Waals surface area (Å²) in [5.41, 5.74) is 0. The number of nitrogens with one attached hydrogen (secondary N) is 1. The van der Waals surface area contributed by atoms with Gasteiger partial charge in [0.25, 0.3) is 0 Å². The standard InChI is InChI=1S/C9H20N2/c1-8(10-2)4-5-9-6-11(3)7-9/h8-10H,4-7H2,1-3H3. The lowest BCUT2D eigenvalue weighted by Crippen LogP contribution is -2.44. The van der Waals surface area contributed by atoms with E-state index < -0.39 is 0 Å². The Hall–Kier alpha value is -0.0800. The highest BCUT2D eigenvalue weighted by Gasteiger charge is 2.22. The van der Waals surface area contributed by atoms with E-state index in [0.717, 1.165) is 5.92 Å². The van der Waals surface area contributed by atoms with Crippen molar-refractivity contribution in [2.75, 3.05) is 27.2 Å². The van der Waals surface area contributed by atoms with Gasteiger partial charge < -0.3 is 10.2 Å². The van der Waals surface area contributed by atoms with E-state index in [0.29, 0.717) is 6.04 Å². The van der Waals surface area contributed by atoms with Crippen LogP contribution in [0.3, 0.4) is 0 Å². The SMILES string of the molecule is CNC(C)CCC1CN(C)C1. The molecule has 0 aromatic rings. The fraction of sp³-hybridized carbons (Fsp3) is 1.00. The van der Waals surface area contributed by atoms with Gasteiger partial charge in [-0.2, -0.15) is 0 Å². The monoisotopic (exact) mass is 156 g/mol. The first-order valence-corrected chi connectivity index (χ1v) is 4.58. The molecule has 66 valence electrons. The van der Waals surface area contributed by atoms with Gasteiger partial charge in [-0.1, -0.05) is 0 Å². The van der Waals surface area contributed by atoms with Crippen molar-refractivity contribution in [2.24, 2.45) is 5.92 Å². The maximum Gasteiger partial charge on any atom is 0.00358 e. The predicted molar refractivity (Wildman–Crippen MR) is 48.7 cm³/mol. The van der Waals surface area contributed by atoms with E-state index in [1.54, 1.807) is 0 Å². The molecule has 0 aromatic carbocycles. The van der Waals surface area contributed by atoms with Gasteiger partial charge in [0.2, 0.25) is 0 Å². The molecule has 0 aliphatic carbocycles. The van der Waals surface area contributed by atoms with Crippen LogP contribution >= 0.6 is 0 Å². The van der Waals surface area contributed by atoms with Crippen molar-refractivity contribution in [1.29, 1.82) is 0 Å². The minimum Gasteiger partial charge on any atom is -0.317 e. The third kappa shape index (κ3) is 2.80. The highest BCUT2D eigenvalue weighted by atomic mass is 15.2. The van der Waals surface area contributed by atoms with Gasteiger partial charge in [-0.15, -0.1) is 0 Å². The van der Waals surface area contributed by atoms with E-state index in [4.69, 9.17) is 0 Å². The minimum absolute atomic E-state index is 0.695. The first-order valence-electron chi connectivity index (χ1n) is 4.58. The largest absolute Gasteiger partial charge is 0.317 e. The summed E-state index contributed by atoms with van der Waals surface area (Å²) in [7, 11) is 4.23. The van der Waals surface area contributed by atoms with Gasteiger partial charge in [0.15, 0.2) is 0 Å². The molecule has 0 spiro atoms. The molecular formula is C9H20N2. The number of hydrogen-bond acceptors (Lipinski definition) is 2.